The molecule has 0 spiro atoms. The van der Waals surface area contributed by atoms with Crippen LogP contribution in [0.25, 0.3) is 0 Å². The summed E-state index contributed by atoms with van der Waals surface area (Å²) < 4.78 is 0. The number of benzene rings is 1. The van der Waals surface area contributed by atoms with Gasteiger partial charge in [-0.15, -0.1) is 0 Å². The lowest BCUT2D eigenvalue weighted by Crippen LogP contribution is -2.49. The molecule has 5 nitrogen and oxygen atoms in total. The fraction of sp³-hybridized carbons (Fsp3) is 0.429. The first kappa shape index (κ1) is 13.5. The highest BCUT2D eigenvalue weighted by Crippen LogP contribution is 2.16. The topological polar surface area (TPSA) is 70.2 Å². The smallest absolute Gasteiger partial charge is 0.239 e. The maximum Gasteiger partial charge on any atom is 0.239 e. The van der Waals surface area contributed by atoms with Crippen molar-refractivity contribution >= 4 is 11.8 Å². The highest BCUT2D eigenvalue weighted by Gasteiger charge is 2.23. The monoisotopic (exact) mass is 261 g/mol. The molecule has 0 aromatic heterocycles. The summed E-state index contributed by atoms with van der Waals surface area (Å²) in [5.74, 6) is -0.284. The van der Waals surface area contributed by atoms with Gasteiger partial charge < -0.3 is 16.0 Å². The number of nitrogens with one attached hydrogen (secondary N) is 3. The van der Waals surface area contributed by atoms with E-state index in [1.165, 1.54) is 11.1 Å². The summed E-state index contributed by atoms with van der Waals surface area (Å²) in [5, 5.41) is 8.49. The summed E-state index contributed by atoms with van der Waals surface area (Å²) in [7, 11) is 0. The fourth-order valence-electron chi connectivity index (χ4n) is 2.19. The van der Waals surface area contributed by atoms with Gasteiger partial charge in [0.25, 0.3) is 0 Å². The molecule has 1 atom stereocenters. The third-order valence-electron chi connectivity index (χ3n) is 3.19. The number of amides is 2. The Kier molecular flexibility index (Phi) is 4.52. The minimum Gasteiger partial charge on any atom is -0.355 e. The van der Waals surface area contributed by atoms with Crippen LogP contribution >= 0.6 is 0 Å². The van der Waals surface area contributed by atoms with Gasteiger partial charge in [-0.25, -0.2) is 0 Å². The molecular formula is C14H19N3O2. The van der Waals surface area contributed by atoms with Crippen molar-refractivity contribution in [2.45, 2.75) is 25.9 Å². The predicted molar refractivity (Wildman–Crippen MR) is 72.5 cm³/mol. The summed E-state index contributed by atoms with van der Waals surface area (Å²) in [6.07, 6.45) is 0.664. The van der Waals surface area contributed by atoms with Gasteiger partial charge in [-0.3, -0.25) is 9.59 Å². The summed E-state index contributed by atoms with van der Waals surface area (Å²) in [6.45, 7) is 3.14. The summed E-state index contributed by atoms with van der Waals surface area (Å²) in [4.78, 5) is 23.2. The lowest BCUT2D eigenvalue weighted by molar-refractivity contribution is -0.127. The zero-order chi connectivity index (χ0) is 13.7. The molecule has 0 aliphatic carbocycles. The first-order valence-electron chi connectivity index (χ1n) is 6.55. The van der Waals surface area contributed by atoms with Crippen molar-refractivity contribution in [3.05, 3.63) is 35.4 Å². The van der Waals surface area contributed by atoms with E-state index in [1.54, 1.807) is 0 Å². The van der Waals surface area contributed by atoms with Crippen LogP contribution in [0.15, 0.2) is 24.3 Å². The van der Waals surface area contributed by atoms with Gasteiger partial charge in [0, 0.05) is 13.1 Å². The maximum atomic E-state index is 12.0. The number of fused-ring (bicyclic) bond motifs is 1. The molecule has 1 aromatic carbocycles. The molecule has 0 bridgehead atoms. The van der Waals surface area contributed by atoms with Gasteiger partial charge in [0.05, 0.1) is 12.6 Å². The van der Waals surface area contributed by atoms with E-state index < -0.39 is 0 Å². The van der Waals surface area contributed by atoms with E-state index >= 15 is 0 Å². The van der Waals surface area contributed by atoms with Crippen LogP contribution in [0.2, 0.25) is 0 Å². The minimum absolute atomic E-state index is 0.0342. The van der Waals surface area contributed by atoms with Crippen LogP contribution in [0.5, 0.6) is 0 Å². The van der Waals surface area contributed by atoms with Crippen molar-refractivity contribution in [2.24, 2.45) is 0 Å². The van der Waals surface area contributed by atoms with Crippen molar-refractivity contribution in [1.29, 1.82) is 0 Å². The van der Waals surface area contributed by atoms with E-state index in [-0.39, 0.29) is 24.4 Å². The van der Waals surface area contributed by atoms with E-state index in [9.17, 15) is 9.59 Å². The zero-order valence-electron chi connectivity index (χ0n) is 11.0. The molecule has 1 heterocycles. The maximum absolute atomic E-state index is 12.0. The van der Waals surface area contributed by atoms with E-state index in [2.05, 4.69) is 22.0 Å². The molecule has 3 N–H and O–H groups in total. The summed E-state index contributed by atoms with van der Waals surface area (Å²) >= 11 is 0. The van der Waals surface area contributed by atoms with Crippen LogP contribution < -0.4 is 16.0 Å². The number of likely N-dealkylation sites (N-methyl/N-ethyl adjacent to an activating group) is 1. The highest BCUT2D eigenvalue weighted by atomic mass is 16.2. The van der Waals surface area contributed by atoms with Crippen molar-refractivity contribution in [3.63, 3.8) is 0 Å². The quantitative estimate of drug-likeness (QED) is 0.712. The predicted octanol–water partition coefficient (Wildman–Crippen LogP) is -0.0468. The van der Waals surface area contributed by atoms with Crippen molar-refractivity contribution in [2.75, 3.05) is 13.1 Å². The molecular weight excluding hydrogens is 242 g/mol. The highest BCUT2D eigenvalue weighted by molar-refractivity contribution is 5.87. The molecule has 102 valence electrons. The Morgan fingerprint density at radius 2 is 2.00 bits per heavy atom. The van der Waals surface area contributed by atoms with E-state index in [0.29, 0.717) is 19.5 Å². The minimum atomic E-state index is -0.260. The van der Waals surface area contributed by atoms with Gasteiger partial charge in [-0.1, -0.05) is 24.3 Å². The molecule has 2 rings (SSSR count). The first-order valence-corrected chi connectivity index (χ1v) is 6.55. The van der Waals surface area contributed by atoms with E-state index in [1.807, 2.05) is 25.1 Å². The Morgan fingerprint density at radius 1 is 1.26 bits per heavy atom. The first-order chi connectivity index (χ1) is 9.20. The zero-order valence-corrected chi connectivity index (χ0v) is 11.0. The second kappa shape index (κ2) is 6.33. The van der Waals surface area contributed by atoms with Crippen LogP contribution in [0, 0.1) is 0 Å². The average Bonchev–Trinajstić information content (AvgIpc) is 2.44. The van der Waals surface area contributed by atoms with Gasteiger partial charge in [0.2, 0.25) is 11.8 Å². The SMILES string of the molecule is CCNC(=O)CNC(=O)[C@@H]1Cc2ccccc2CN1. The molecule has 0 unspecified atom stereocenters. The van der Waals surface area contributed by atoms with E-state index in [0.717, 1.165) is 0 Å². The second-order valence-electron chi connectivity index (χ2n) is 4.58. The van der Waals surface area contributed by atoms with Crippen LogP contribution in [0.3, 0.4) is 0 Å². The molecule has 1 aromatic rings. The second-order valence-corrected chi connectivity index (χ2v) is 4.58. The molecule has 2 amide bonds. The lowest BCUT2D eigenvalue weighted by Gasteiger charge is -2.25. The molecule has 0 fully saturated rings. The Balaban J connectivity index is 1.87. The largest absolute Gasteiger partial charge is 0.355 e. The number of carbonyl (C=O) groups is 2. The molecule has 0 saturated carbocycles. The Bertz CT molecular complexity index is 474. The Hall–Kier alpha value is -1.88. The number of hydrogen-bond donors (Lipinski definition) is 3. The van der Waals surface area contributed by atoms with Gasteiger partial charge >= 0.3 is 0 Å². The average molecular weight is 261 g/mol. The molecule has 1 aliphatic heterocycles. The summed E-state index contributed by atoms with van der Waals surface area (Å²) in [5.41, 5.74) is 2.43. The number of rotatable bonds is 4. The molecule has 5 heteroatoms. The fourth-order valence-corrected chi connectivity index (χ4v) is 2.19. The lowest BCUT2D eigenvalue weighted by atomic mass is 9.95. The molecule has 19 heavy (non-hydrogen) atoms. The van der Waals surface area contributed by atoms with Crippen molar-refractivity contribution in [3.8, 4) is 0 Å². The summed E-state index contributed by atoms with van der Waals surface area (Å²) in [6, 6.07) is 7.82. The van der Waals surface area contributed by atoms with Crippen LogP contribution in [0.4, 0.5) is 0 Å². The molecule has 0 radical (unpaired) electrons. The molecule has 1 aliphatic rings. The number of carbonyl (C=O) groups excluding carboxylic acids is 2. The van der Waals surface area contributed by atoms with Gasteiger partial charge in [0.1, 0.15) is 0 Å². The van der Waals surface area contributed by atoms with Gasteiger partial charge in [-0.2, -0.15) is 0 Å². The van der Waals surface area contributed by atoms with Crippen molar-refractivity contribution in [1.82, 2.24) is 16.0 Å². The van der Waals surface area contributed by atoms with Crippen LogP contribution in [-0.4, -0.2) is 30.9 Å². The Labute approximate surface area is 112 Å². The van der Waals surface area contributed by atoms with Gasteiger partial charge in [-0.05, 0) is 24.5 Å². The normalized spacial score (nSPS) is 17.4. The Morgan fingerprint density at radius 3 is 2.74 bits per heavy atom. The number of hydrogen-bond acceptors (Lipinski definition) is 3. The van der Waals surface area contributed by atoms with Crippen molar-refractivity contribution < 1.29 is 9.59 Å². The van der Waals surface area contributed by atoms with Crippen LogP contribution in [0.1, 0.15) is 18.1 Å². The van der Waals surface area contributed by atoms with Crippen LogP contribution in [-0.2, 0) is 22.6 Å². The third-order valence-corrected chi connectivity index (χ3v) is 3.19. The molecule has 0 saturated heterocycles. The van der Waals surface area contributed by atoms with E-state index in [4.69, 9.17) is 0 Å². The van der Waals surface area contributed by atoms with Gasteiger partial charge in [0.15, 0.2) is 0 Å². The third kappa shape index (κ3) is 3.54. The standard InChI is InChI=1S/C14H19N3O2/c1-2-15-13(18)9-17-14(19)12-7-10-5-3-4-6-11(10)8-16-12/h3-6,12,16H,2,7-9H2,1H3,(H,15,18)(H,17,19)/t12-/m0/s1.